The summed E-state index contributed by atoms with van der Waals surface area (Å²) in [7, 11) is 3.01. The van der Waals surface area contributed by atoms with Crippen molar-refractivity contribution in [1.29, 1.82) is 0 Å². The number of ketones is 1. The van der Waals surface area contributed by atoms with Gasteiger partial charge in [-0.2, -0.15) is 4.98 Å². The molecule has 20 heavy (non-hydrogen) atoms. The predicted octanol–water partition coefficient (Wildman–Crippen LogP) is 2.89. The summed E-state index contributed by atoms with van der Waals surface area (Å²) < 4.78 is 10.2. The van der Waals surface area contributed by atoms with E-state index in [9.17, 15) is 4.79 Å². The molecule has 0 atom stereocenters. The van der Waals surface area contributed by atoms with Gasteiger partial charge in [-0.1, -0.05) is 13.3 Å². The van der Waals surface area contributed by atoms with Crippen molar-refractivity contribution in [3.8, 4) is 11.8 Å². The molecule has 0 aromatic carbocycles. The van der Waals surface area contributed by atoms with Crippen LogP contribution < -0.4 is 9.47 Å². The van der Waals surface area contributed by atoms with E-state index < -0.39 is 0 Å². The molecule has 1 aliphatic carbocycles. The van der Waals surface area contributed by atoms with E-state index in [4.69, 9.17) is 9.47 Å². The molecule has 2 rings (SSSR count). The third-order valence-electron chi connectivity index (χ3n) is 4.15. The molecule has 5 heteroatoms. The Bertz CT molecular complexity index is 468. The minimum Gasteiger partial charge on any atom is -0.480 e. The summed E-state index contributed by atoms with van der Waals surface area (Å²) >= 11 is 0. The van der Waals surface area contributed by atoms with Crippen molar-refractivity contribution in [3.05, 3.63) is 11.9 Å². The van der Waals surface area contributed by atoms with E-state index in [1.54, 1.807) is 0 Å². The van der Waals surface area contributed by atoms with E-state index in [0.717, 1.165) is 31.6 Å². The van der Waals surface area contributed by atoms with E-state index >= 15 is 0 Å². The zero-order chi connectivity index (χ0) is 14.5. The first-order chi connectivity index (χ1) is 9.69. The second-order valence-corrected chi connectivity index (χ2v) is 5.26. The van der Waals surface area contributed by atoms with Crippen LogP contribution in [0, 0.1) is 11.8 Å². The maximum absolute atomic E-state index is 12.6. The molecule has 0 bridgehead atoms. The molecule has 1 saturated carbocycles. The number of hydrogen-bond donors (Lipinski definition) is 0. The molecule has 0 spiro atoms. The van der Waals surface area contributed by atoms with Crippen LogP contribution >= 0.6 is 0 Å². The van der Waals surface area contributed by atoms with Crippen LogP contribution in [-0.4, -0.2) is 30.0 Å². The number of methoxy groups -OCH3 is 2. The molecular formula is C15H22N2O3. The first-order valence-electron chi connectivity index (χ1n) is 7.18. The van der Waals surface area contributed by atoms with Crippen LogP contribution in [0.15, 0.2) is 6.20 Å². The molecule has 0 radical (unpaired) electrons. The van der Waals surface area contributed by atoms with Gasteiger partial charge in [0.2, 0.25) is 11.8 Å². The minimum absolute atomic E-state index is 0.0477. The second-order valence-electron chi connectivity index (χ2n) is 5.26. The van der Waals surface area contributed by atoms with E-state index in [-0.39, 0.29) is 17.6 Å². The molecule has 1 aliphatic rings. The lowest BCUT2D eigenvalue weighted by atomic mass is 9.78. The van der Waals surface area contributed by atoms with Gasteiger partial charge in [0.15, 0.2) is 11.5 Å². The summed E-state index contributed by atoms with van der Waals surface area (Å²) in [6.07, 6.45) is 6.79. The standard InChI is InChI=1S/C15H22N2O3/c1-4-10-5-7-11(8-6-10)14(18)13-15(20-3)17-12(19-2)9-16-13/h9-11H,4-8H2,1-3H3. The Morgan fingerprint density at radius 1 is 1.25 bits per heavy atom. The normalized spacial score (nSPS) is 22.4. The fourth-order valence-corrected chi connectivity index (χ4v) is 2.79. The molecule has 1 heterocycles. The van der Waals surface area contributed by atoms with Gasteiger partial charge in [-0.05, 0) is 31.6 Å². The largest absolute Gasteiger partial charge is 0.480 e. The maximum Gasteiger partial charge on any atom is 0.246 e. The van der Waals surface area contributed by atoms with Gasteiger partial charge >= 0.3 is 0 Å². The van der Waals surface area contributed by atoms with Gasteiger partial charge < -0.3 is 9.47 Å². The molecule has 1 aromatic rings. The first kappa shape index (κ1) is 14.8. The first-order valence-corrected chi connectivity index (χ1v) is 7.18. The van der Waals surface area contributed by atoms with Gasteiger partial charge in [-0.15, -0.1) is 0 Å². The number of Topliss-reactive ketones (excluding diaryl/α,β-unsaturated/α-hetero) is 1. The zero-order valence-electron chi connectivity index (χ0n) is 12.4. The van der Waals surface area contributed by atoms with Gasteiger partial charge in [0.05, 0.1) is 20.4 Å². The van der Waals surface area contributed by atoms with Crippen LogP contribution in [0.4, 0.5) is 0 Å². The zero-order valence-corrected chi connectivity index (χ0v) is 12.4. The Morgan fingerprint density at radius 3 is 2.50 bits per heavy atom. The predicted molar refractivity (Wildman–Crippen MR) is 75.2 cm³/mol. The van der Waals surface area contributed by atoms with Crippen molar-refractivity contribution in [2.45, 2.75) is 39.0 Å². The second kappa shape index (κ2) is 6.68. The molecule has 1 aromatic heterocycles. The highest BCUT2D eigenvalue weighted by Gasteiger charge is 2.29. The Hall–Kier alpha value is -1.65. The molecule has 0 N–H and O–H groups in total. The number of aromatic nitrogens is 2. The number of hydrogen-bond acceptors (Lipinski definition) is 5. The molecule has 0 amide bonds. The smallest absolute Gasteiger partial charge is 0.246 e. The lowest BCUT2D eigenvalue weighted by Crippen LogP contribution is -2.23. The van der Waals surface area contributed by atoms with Crippen molar-refractivity contribution >= 4 is 5.78 Å². The lowest BCUT2D eigenvalue weighted by molar-refractivity contribution is 0.0861. The van der Waals surface area contributed by atoms with E-state index in [2.05, 4.69) is 16.9 Å². The highest BCUT2D eigenvalue weighted by Crippen LogP contribution is 2.33. The van der Waals surface area contributed by atoms with Crippen LogP contribution in [0.5, 0.6) is 11.8 Å². The number of ether oxygens (including phenoxy) is 2. The fraction of sp³-hybridized carbons (Fsp3) is 0.667. The van der Waals surface area contributed by atoms with Gasteiger partial charge in [0.25, 0.3) is 0 Å². The van der Waals surface area contributed by atoms with Gasteiger partial charge in [-0.3, -0.25) is 4.79 Å². The number of nitrogens with zero attached hydrogens (tertiary/aromatic N) is 2. The Balaban J connectivity index is 2.13. The summed E-state index contributed by atoms with van der Waals surface area (Å²) in [5.41, 5.74) is 0.327. The SMILES string of the molecule is CCC1CCC(C(=O)c2ncc(OC)nc2OC)CC1. The summed E-state index contributed by atoms with van der Waals surface area (Å²) in [5, 5.41) is 0. The van der Waals surface area contributed by atoms with Crippen LogP contribution in [0.3, 0.4) is 0 Å². The summed E-state index contributed by atoms with van der Waals surface area (Å²) in [6.45, 7) is 2.21. The van der Waals surface area contributed by atoms with Crippen molar-refractivity contribution in [2.75, 3.05) is 14.2 Å². The molecular weight excluding hydrogens is 256 g/mol. The highest BCUT2D eigenvalue weighted by molar-refractivity contribution is 5.98. The average molecular weight is 278 g/mol. The topological polar surface area (TPSA) is 61.3 Å². The van der Waals surface area contributed by atoms with Crippen LogP contribution in [0.1, 0.15) is 49.5 Å². The number of rotatable bonds is 5. The van der Waals surface area contributed by atoms with Crippen LogP contribution in [0.25, 0.3) is 0 Å². The van der Waals surface area contributed by atoms with Crippen molar-refractivity contribution in [3.63, 3.8) is 0 Å². The third-order valence-corrected chi connectivity index (χ3v) is 4.15. The monoisotopic (exact) mass is 278 g/mol. The molecule has 5 nitrogen and oxygen atoms in total. The van der Waals surface area contributed by atoms with Gasteiger partial charge in [0.1, 0.15) is 0 Å². The van der Waals surface area contributed by atoms with Crippen molar-refractivity contribution in [2.24, 2.45) is 11.8 Å². The Labute approximate surface area is 119 Å². The average Bonchev–Trinajstić information content (AvgIpc) is 2.53. The van der Waals surface area contributed by atoms with Crippen LogP contribution in [0.2, 0.25) is 0 Å². The van der Waals surface area contributed by atoms with Gasteiger partial charge in [0, 0.05) is 5.92 Å². The lowest BCUT2D eigenvalue weighted by Gasteiger charge is -2.26. The minimum atomic E-state index is 0.0477. The quantitative estimate of drug-likeness (QED) is 0.775. The van der Waals surface area contributed by atoms with E-state index in [1.165, 1.54) is 26.8 Å². The van der Waals surface area contributed by atoms with Crippen molar-refractivity contribution < 1.29 is 14.3 Å². The number of carbonyl (C=O) groups is 1. The van der Waals surface area contributed by atoms with Crippen LogP contribution in [-0.2, 0) is 0 Å². The fourth-order valence-electron chi connectivity index (χ4n) is 2.79. The Morgan fingerprint density at radius 2 is 1.95 bits per heavy atom. The molecule has 0 aliphatic heterocycles. The maximum atomic E-state index is 12.6. The molecule has 1 fully saturated rings. The summed E-state index contributed by atoms with van der Waals surface area (Å²) in [6, 6.07) is 0. The van der Waals surface area contributed by atoms with Crippen molar-refractivity contribution in [1.82, 2.24) is 9.97 Å². The Kier molecular flexibility index (Phi) is 4.93. The number of carbonyl (C=O) groups excluding carboxylic acids is 1. The van der Waals surface area contributed by atoms with E-state index in [0.29, 0.717) is 11.6 Å². The molecule has 0 unspecified atom stereocenters. The molecule has 0 saturated heterocycles. The summed E-state index contributed by atoms with van der Waals surface area (Å²) in [4.78, 5) is 20.9. The highest BCUT2D eigenvalue weighted by atomic mass is 16.5. The van der Waals surface area contributed by atoms with E-state index in [1.807, 2.05) is 0 Å². The third kappa shape index (κ3) is 3.08. The van der Waals surface area contributed by atoms with Gasteiger partial charge in [-0.25, -0.2) is 4.98 Å². The summed E-state index contributed by atoms with van der Waals surface area (Å²) in [5.74, 6) is 1.48. The molecule has 110 valence electrons.